The summed E-state index contributed by atoms with van der Waals surface area (Å²) >= 11 is 0. The molecule has 0 aliphatic heterocycles. The van der Waals surface area contributed by atoms with E-state index in [1.54, 1.807) is 30.3 Å². The second-order valence-electron chi connectivity index (χ2n) is 7.05. The zero-order chi connectivity index (χ0) is 23.1. The molecule has 32 heavy (non-hydrogen) atoms. The van der Waals surface area contributed by atoms with Crippen LogP contribution in [0.3, 0.4) is 0 Å². The maximum Gasteiger partial charge on any atom is 0.255 e. The van der Waals surface area contributed by atoms with Crippen molar-refractivity contribution in [2.45, 2.75) is 13.0 Å². The number of carbonyl (C=O) groups is 2. The molecule has 0 radical (unpaired) electrons. The number of hydrogen-bond donors (Lipinski definition) is 2. The maximum atomic E-state index is 12.9. The maximum absolute atomic E-state index is 12.9. The summed E-state index contributed by atoms with van der Waals surface area (Å²) < 4.78 is 16.0. The van der Waals surface area contributed by atoms with Crippen LogP contribution in [0.15, 0.2) is 66.7 Å². The van der Waals surface area contributed by atoms with Crippen LogP contribution in [0.5, 0.6) is 17.2 Å². The summed E-state index contributed by atoms with van der Waals surface area (Å²) in [6.45, 7) is 1.87. The molecule has 2 N–H and O–H groups in total. The van der Waals surface area contributed by atoms with Gasteiger partial charge >= 0.3 is 0 Å². The fourth-order valence-electron chi connectivity index (χ4n) is 3.25. The first-order valence-corrected chi connectivity index (χ1v) is 10.0. The predicted molar refractivity (Wildman–Crippen MR) is 123 cm³/mol. The first-order chi connectivity index (χ1) is 15.5. The minimum Gasteiger partial charge on any atom is -0.493 e. The minimum absolute atomic E-state index is 0.197. The standard InChI is InChI=1S/C25H26N2O5/c1-16(26-25(29)19-14-21(30-2)23(32-4)22(15-19)31-3)18-11-8-12-20(13-18)27-24(28)17-9-6-5-7-10-17/h5-16H,1-4H3,(H,26,29)(H,27,28). The van der Waals surface area contributed by atoms with E-state index in [9.17, 15) is 9.59 Å². The van der Waals surface area contributed by atoms with Gasteiger partial charge in [-0.05, 0) is 48.9 Å². The van der Waals surface area contributed by atoms with Crippen LogP contribution in [-0.4, -0.2) is 33.1 Å². The molecule has 3 aromatic rings. The number of hydrogen-bond acceptors (Lipinski definition) is 5. The number of anilines is 1. The smallest absolute Gasteiger partial charge is 0.255 e. The van der Waals surface area contributed by atoms with Crippen LogP contribution >= 0.6 is 0 Å². The average Bonchev–Trinajstić information content (AvgIpc) is 2.83. The van der Waals surface area contributed by atoms with Gasteiger partial charge in [-0.25, -0.2) is 0 Å². The van der Waals surface area contributed by atoms with Gasteiger partial charge in [-0.1, -0.05) is 30.3 Å². The molecule has 7 heteroatoms. The van der Waals surface area contributed by atoms with Gasteiger partial charge in [0.15, 0.2) is 11.5 Å². The van der Waals surface area contributed by atoms with Crippen LogP contribution < -0.4 is 24.8 Å². The summed E-state index contributed by atoms with van der Waals surface area (Å²) in [5, 5.41) is 5.84. The lowest BCUT2D eigenvalue weighted by atomic mass is 10.1. The lowest BCUT2D eigenvalue weighted by Gasteiger charge is -2.17. The molecule has 3 rings (SSSR count). The van der Waals surface area contributed by atoms with Crippen molar-refractivity contribution in [3.05, 3.63) is 83.4 Å². The Morgan fingerprint density at radius 3 is 2.00 bits per heavy atom. The van der Waals surface area contributed by atoms with Crippen LogP contribution in [0.1, 0.15) is 39.2 Å². The molecule has 0 saturated heterocycles. The molecule has 1 unspecified atom stereocenters. The molecule has 2 amide bonds. The van der Waals surface area contributed by atoms with Gasteiger partial charge in [-0.3, -0.25) is 9.59 Å². The molecular weight excluding hydrogens is 408 g/mol. The molecule has 0 fully saturated rings. The molecule has 0 spiro atoms. The summed E-state index contributed by atoms with van der Waals surface area (Å²) in [7, 11) is 4.50. The Labute approximate surface area is 187 Å². The largest absolute Gasteiger partial charge is 0.493 e. The highest BCUT2D eigenvalue weighted by atomic mass is 16.5. The van der Waals surface area contributed by atoms with E-state index in [-0.39, 0.29) is 17.9 Å². The molecule has 0 saturated carbocycles. The number of methoxy groups -OCH3 is 3. The topological polar surface area (TPSA) is 85.9 Å². The van der Waals surface area contributed by atoms with Gasteiger partial charge in [-0.15, -0.1) is 0 Å². The van der Waals surface area contributed by atoms with E-state index in [0.29, 0.717) is 34.1 Å². The monoisotopic (exact) mass is 434 g/mol. The molecule has 0 aliphatic rings. The predicted octanol–water partition coefficient (Wildman–Crippen LogP) is 4.46. The van der Waals surface area contributed by atoms with Crippen molar-refractivity contribution in [1.82, 2.24) is 5.32 Å². The Balaban J connectivity index is 1.75. The van der Waals surface area contributed by atoms with Crippen LogP contribution in [0.2, 0.25) is 0 Å². The summed E-state index contributed by atoms with van der Waals surface area (Å²) in [5.41, 5.74) is 2.43. The van der Waals surface area contributed by atoms with Crippen molar-refractivity contribution < 1.29 is 23.8 Å². The normalized spacial score (nSPS) is 11.2. The fourth-order valence-corrected chi connectivity index (χ4v) is 3.25. The number of amides is 2. The number of rotatable bonds is 8. The Hall–Kier alpha value is -4.00. The minimum atomic E-state index is -0.310. The molecule has 166 valence electrons. The van der Waals surface area contributed by atoms with Crippen molar-refractivity contribution in [2.75, 3.05) is 26.6 Å². The molecule has 0 heterocycles. The second-order valence-corrected chi connectivity index (χ2v) is 7.05. The van der Waals surface area contributed by atoms with Crippen molar-refractivity contribution in [3.8, 4) is 17.2 Å². The van der Waals surface area contributed by atoms with E-state index in [2.05, 4.69) is 10.6 Å². The van der Waals surface area contributed by atoms with Gasteiger partial charge in [0, 0.05) is 16.8 Å². The van der Waals surface area contributed by atoms with E-state index >= 15 is 0 Å². The molecular formula is C25H26N2O5. The molecule has 0 bridgehead atoms. The zero-order valence-corrected chi connectivity index (χ0v) is 18.5. The van der Waals surface area contributed by atoms with E-state index in [4.69, 9.17) is 14.2 Å². The third kappa shape index (κ3) is 5.18. The van der Waals surface area contributed by atoms with Crippen molar-refractivity contribution in [2.24, 2.45) is 0 Å². The van der Waals surface area contributed by atoms with Gasteiger partial charge in [0.05, 0.1) is 27.4 Å². The SMILES string of the molecule is COc1cc(C(=O)NC(C)c2cccc(NC(=O)c3ccccc3)c2)cc(OC)c1OC. The number of carbonyl (C=O) groups excluding carboxylic acids is 2. The van der Waals surface area contributed by atoms with Crippen molar-refractivity contribution in [1.29, 1.82) is 0 Å². The van der Waals surface area contributed by atoms with Crippen molar-refractivity contribution in [3.63, 3.8) is 0 Å². The van der Waals surface area contributed by atoms with Crippen LogP contribution in [0.4, 0.5) is 5.69 Å². The first-order valence-electron chi connectivity index (χ1n) is 10.0. The van der Waals surface area contributed by atoms with Crippen LogP contribution in [-0.2, 0) is 0 Å². The van der Waals surface area contributed by atoms with Crippen LogP contribution in [0, 0.1) is 0 Å². The average molecular weight is 434 g/mol. The Bertz CT molecular complexity index is 1070. The van der Waals surface area contributed by atoms with E-state index in [1.165, 1.54) is 21.3 Å². The number of benzene rings is 3. The lowest BCUT2D eigenvalue weighted by molar-refractivity contribution is 0.0938. The van der Waals surface area contributed by atoms with Crippen LogP contribution in [0.25, 0.3) is 0 Å². The van der Waals surface area contributed by atoms with Gasteiger partial charge in [0.2, 0.25) is 5.75 Å². The van der Waals surface area contributed by atoms with Gasteiger partial charge in [0.25, 0.3) is 11.8 Å². The van der Waals surface area contributed by atoms with Gasteiger partial charge in [0.1, 0.15) is 0 Å². The highest BCUT2D eigenvalue weighted by Crippen LogP contribution is 2.38. The zero-order valence-electron chi connectivity index (χ0n) is 18.5. The van der Waals surface area contributed by atoms with Gasteiger partial charge in [-0.2, -0.15) is 0 Å². The fraction of sp³-hybridized carbons (Fsp3) is 0.200. The Kier molecular flexibility index (Phi) is 7.33. The number of ether oxygens (including phenoxy) is 3. The first kappa shape index (κ1) is 22.7. The summed E-state index contributed by atoms with van der Waals surface area (Å²) in [5.74, 6) is 0.722. The van der Waals surface area contributed by atoms with E-state index < -0.39 is 0 Å². The quantitative estimate of drug-likeness (QED) is 0.547. The molecule has 0 aliphatic carbocycles. The van der Waals surface area contributed by atoms with E-state index in [0.717, 1.165) is 5.56 Å². The molecule has 1 atom stereocenters. The van der Waals surface area contributed by atoms with Gasteiger partial charge < -0.3 is 24.8 Å². The third-order valence-corrected chi connectivity index (χ3v) is 4.95. The summed E-state index contributed by atoms with van der Waals surface area (Å²) in [6, 6.07) is 19.2. The highest BCUT2D eigenvalue weighted by molar-refractivity contribution is 6.04. The van der Waals surface area contributed by atoms with E-state index in [1.807, 2.05) is 43.3 Å². The Morgan fingerprint density at radius 1 is 0.750 bits per heavy atom. The molecule has 3 aromatic carbocycles. The summed E-state index contributed by atoms with van der Waals surface area (Å²) in [6.07, 6.45) is 0. The second kappa shape index (κ2) is 10.3. The summed E-state index contributed by atoms with van der Waals surface area (Å²) in [4.78, 5) is 25.3. The molecule has 0 aromatic heterocycles. The third-order valence-electron chi connectivity index (χ3n) is 4.95. The number of nitrogens with one attached hydrogen (secondary N) is 2. The van der Waals surface area contributed by atoms with Crippen molar-refractivity contribution >= 4 is 17.5 Å². The Morgan fingerprint density at radius 2 is 1.41 bits per heavy atom. The lowest BCUT2D eigenvalue weighted by Crippen LogP contribution is -2.26. The highest BCUT2D eigenvalue weighted by Gasteiger charge is 2.19. The molecule has 7 nitrogen and oxygen atoms in total.